The Labute approximate surface area is 151 Å². The van der Waals surface area contributed by atoms with Crippen LogP contribution in [-0.4, -0.2) is 47.8 Å². The molecule has 2 heterocycles. The first kappa shape index (κ1) is 17.5. The summed E-state index contributed by atoms with van der Waals surface area (Å²) in [7, 11) is 0. The Balaban J connectivity index is 1.51. The molecule has 0 aromatic heterocycles. The van der Waals surface area contributed by atoms with Gasteiger partial charge < -0.3 is 9.84 Å². The van der Waals surface area contributed by atoms with E-state index in [9.17, 15) is 9.90 Å². The number of esters is 1. The van der Waals surface area contributed by atoms with Crippen molar-refractivity contribution in [3.05, 3.63) is 12.2 Å². The quantitative estimate of drug-likeness (QED) is 0.629. The molecular formula is C21H33NO3. The van der Waals surface area contributed by atoms with Crippen LogP contribution in [0.15, 0.2) is 12.2 Å². The first-order valence-electron chi connectivity index (χ1n) is 10.2. The lowest BCUT2D eigenvalue weighted by atomic mass is 9.55. The average molecular weight is 347 g/mol. The Morgan fingerprint density at radius 2 is 2.20 bits per heavy atom. The number of aliphatic hydroxyl groups excluding tert-OH is 1. The maximum atomic E-state index is 12.7. The zero-order valence-electron chi connectivity index (χ0n) is 15.6. The molecule has 2 saturated carbocycles. The van der Waals surface area contributed by atoms with Crippen molar-refractivity contribution in [2.45, 2.75) is 70.4 Å². The van der Waals surface area contributed by atoms with Gasteiger partial charge in [0.1, 0.15) is 6.10 Å². The number of fused-ring (bicyclic) bond motifs is 2. The number of likely N-dealkylation sites (tertiary alicyclic amines) is 1. The number of aliphatic hydroxyl groups is 1. The summed E-state index contributed by atoms with van der Waals surface area (Å²) < 4.78 is 5.88. The number of allylic oxidation sites excluding steroid dienone is 1. The molecule has 6 atom stereocenters. The molecule has 0 amide bonds. The first-order valence-corrected chi connectivity index (χ1v) is 10.2. The maximum absolute atomic E-state index is 12.7. The van der Waals surface area contributed by atoms with Crippen LogP contribution < -0.4 is 0 Å². The topological polar surface area (TPSA) is 49.8 Å². The summed E-state index contributed by atoms with van der Waals surface area (Å²) in [5.41, 5.74) is 1.67. The van der Waals surface area contributed by atoms with E-state index in [0.29, 0.717) is 11.8 Å². The van der Waals surface area contributed by atoms with Gasteiger partial charge in [-0.15, -0.1) is 0 Å². The molecule has 0 aromatic rings. The van der Waals surface area contributed by atoms with E-state index >= 15 is 0 Å². The normalized spacial score (nSPS) is 45.0. The van der Waals surface area contributed by atoms with E-state index in [1.807, 2.05) is 0 Å². The number of nitrogens with zero attached hydrogens (tertiary/aromatic N) is 1. The van der Waals surface area contributed by atoms with Crippen molar-refractivity contribution in [1.29, 1.82) is 0 Å². The molecule has 2 saturated heterocycles. The third kappa shape index (κ3) is 3.06. The lowest BCUT2D eigenvalue weighted by Gasteiger charge is -2.50. The van der Waals surface area contributed by atoms with Gasteiger partial charge in [-0.05, 0) is 62.8 Å². The van der Waals surface area contributed by atoms with E-state index in [0.717, 1.165) is 38.8 Å². The second kappa shape index (κ2) is 6.70. The summed E-state index contributed by atoms with van der Waals surface area (Å²) in [5.74, 6) is 0.873. The van der Waals surface area contributed by atoms with Crippen LogP contribution in [-0.2, 0) is 9.53 Å². The summed E-state index contributed by atoms with van der Waals surface area (Å²) in [6, 6.07) is 0.221. The predicted molar refractivity (Wildman–Crippen MR) is 97.0 cm³/mol. The van der Waals surface area contributed by atoms with Crippen molar-refractivity contribution < 1.29 is 14.6 Å². The molecule has 0 spiro atoms. The van der Waals surface area contributed by atoms with Crippen molar-refractivity contribution in [2.75, 3.05) is 19.7 Å². The van der Waals surface area contributed by atoms with Gasteiger partial charge in [-0.2, -0.15) is 0 Å². The van der Waals surface area contributed by atoms with Crippen molar-refractivity contribution in [2.24, 2.45) is 23.2 Å². The van der Waals surface area contributed by atoms with Gasteiger partial charge in [0.25, 0.3) is 0 Å². The third-order valence-corrected chi connectivity index (χ3v) is 7.71. The molecule has 0 bridgehead atoms. The van der Waals surface area contributed by atoms with Crippen LogP contribution in [0.3, 0.4) is 0 Å². The van der Waals surface area contributed by atoms with E-state index in [1.165, 1.54) is 31.3 Å². The van der Waals surface area contributed by atoms with Gasteiger partial charge in [0.15, 0.2) is 0 Å². The summed E-state index contributed by atoms with van der Waals surface area (Å²) in [6.07, 6.45) is 9.18. The summed E-state index contributed by atoms with van der Waals surface area (Å²) in [4.78, 5) is 15.0. The maximum Gasteiger partial charge on any atom is 0.310 e. The second-order valence-corrected chi connectivity index (χ2v) is 9.23. The lowest BCUT2D eigenvalue weighted by molar-refractivity contribution is -0.146. The van der Waals surface area contributed by atoms with Crippen LogP contribution in [0.1, 0.15) is 58.3 Å². The van der Waals surface area contributed by atoms with Gasteiger partial charge in [-0.3, -0.25) is 9.69 Å². The standard InChI is InChI=1S/C21H33NO3/c1-14-6-5-8-21(2)11-19-16(10-18(14)21)17(20(24)25-19)12-22-9-4-3-7-15(22)13-23/h15-19,23H,1,3-13H2,2H3/t15-,16+,17+,18-,19+,21+/m0/s1. The second-order valence-electron chi connectivity index (χ2n) is 9.23. The smallest absolute Gasteiger partial charge is 0.310 e. The van der Waals surface area contributed by atoms with Crippen LogP contribution in [0.2, 0.25) is 0 Å². The highest BCUT2D eigenvalue weighted by Gasteiger charge is 2.55. The van der Waals surface area contributed by atoms with Gasteiger partial charge in [0.05, 0.1) is 12.5 Å². The van der Waals surface area contributed by atoms with Crippen LogP contribution in [0.5, 0.6) is 0 Å². The highest BCUT2D eigenvalue weighted by Crippen LogP contribution is 2.57. The summed E-state index contributed by atoms with van der Waals surface area (Å²) in [6.45, 7) is 8.72. The summed E-state index contributed by atoms with van der Waals surface area (Å²) in [5, 5.41) is 9.69. The Hall–Kier alpha value is -0.870. The fraction of sp³-hybridized carbons (Fsp3) is 0.857. The number of rotatable bonds is 3. The highest BCUT2D eigenvalue weighted by atomic mass is 16.6. The Morgan fingerprint density at radius 1 is 1.36 bits per heavy atom. The van der Waals surface area contributed by atoms with Crippen molar-refractivity contribution in [3.63, 3.8) is 0 Å². The van der Waals surface area contributed by atoms with Crippen molar-refractivity contribution in [1.82, 2.24) is 4.90 Å². The minimum atomic E-state index is -0.0172. The molecular weight excluding hydrogens is 314 g/mol. The van der Waals surface area contributed by atoms with Crippen molar-refractivity contribution >= 4 is 5.97 Å². The number of hydrogen-bond acceptors (Lipinski definition) is 4. The zero-order valence-corrected chi connectivity index (χ0v) is 15.6. The number of hydrogen-bond donors (Lipinski definition) is 1. The molecule has 140 valence electrons. The molecule has 4 heteroatoms. The average Bonchev–Trinajstić information content (AvgIpc) is 2.88. The predicted octanol–water partition coefficient (Wildman–Crippen LogP) is 3.15. The number of piperidine rings is 1. The minimum absolute atomic E-state index is 0.00474. The van der Waals surface area contributed by atoms with Gasteiger partial charge in [-0.25, -0.2) is 0 Å². The molecule has 0 unspecified atom stereocenters. The van der Waals surface area contributed by atoms with E-state index in [4.69, 9.17) is 4.74 Å². The highest BCUT2D eigenvalue weighted by molar-refractivity contribution is 5.75. The minimum Gasteiger partial charge on any atom is -0.462 e. The molecule has 2 aliphatic heterocycles. The van der Waals surface area contributed by atoms with Gasteiger partial charge in [0, 0.05) is 18.5 Å². The molecule has 0 aromatic carbocycles. The molecule has 0 radical (unpaired) electrons. The van der Waals surface area contributed by atoms with Gasteiger partial charge in [0.2, 0.25) is 0 Å². The molecule has 4 fully saturated rings. The molecule has 2 aliphatic carbocycles. The van der Waals surface area contributed by atoms with E-state index in [1.54, 1.807) is 0 Å². The molecule has 25 heavy (non-hydrogen) atoms. The van der Waals surface area contributed by atoms with Gasteiger partial charge in [-0.1, -0.05) is 25.5 Å². The lowest BCUT2D eigenvalue weighted by Crippen LogP contribution is -2.48. The number of carbonyl (C=O) groups excluding carboxylic acids is 1. The molecule has 1 N–H and O–H groups in total. The largest absolute Gasteiger partial charge is 0.462 e. The van der Waals surface area contributed by atoms with E-state index < -0.39 is 0 Å². The van der Waals surface area contributed by atoms with Crippen molar-refractivity contribution in [3.8, 4) is 0 Å². The molecule has 4 rings (SSSR count). The van der Waals surface area contributed by atoms with Crippen LogP contribution in [0.4, 0.5) is 0 Å². The SMILES string of the molecule is C=C1CCC[C@]2(C)C[C@H]3OC(=O)[C@H](CN4CCCC[C@H]4CO)[C@H]3C[C@@H]12. The number of ether oxygens (including phenoxy) is 1. The molecule has 4 aliphatic rings. The van der Waals surface area contributed by atoms with E-state index in [2.05, 4.69) is 18.4 Å². The molecule has 4 nitrogen and oxygen atoms in total. The third-order valence-electron chi connectivity index (χ3n) is 7.71. The van der Waals surface area contributed by atoms with Crippen LogP contribution >= 0.6 is 0 Å². The summed E-state index contributed by atoms with van der Waals surface area (Å²) >= 11 is 0. The Kier molecular flexibility index (Phi) is 4.70. The fourth-order valence-electron chi connectivity index (χ4n) is 6.22. The number of carbonyl (C=O) groups is 1. The monoisotopic (exact) mass is 347 g/mol. The zero-order chi connectivity index (χ0) is 17.6. The Morgan fingerprint density at radius 3 is 3.00 bits per heavy atom. The van der Waals surface area contributed by atoms with Crippen LogP contribution in [0, 0.1) is 23.2 Å². The van der Waals surface area contributed by atoms with E-state index in [-0.39, 0.29) is 36.1 Å². The first-order chi connectivity index (χ1) is 12.0. The Bertz CT molecular complexity index is 547. The van der Waals surface area contributed by atoms with Gasteiger partial charge >= 0.3 is 5.97 Å². The fourth-order valence-corrected chi connectivity index (χ4v) is 6.22. The van der Waals surface area contributed by atoms with Crippen LogP contribution in [0.25, 0.3) is 0 Å².